The van der Waals surface area contributed by atoms with Crippen LogP contribution in [0, 0.1) is 0 Å². The molecule has 0 atom stereocenters. The number of methoxy groups -OCH3 is 2. The van der Waals surface area contributed by atoms with Crippen molar-refractivity contribution < 1.29 is 14.3 Å². The molecule has 2 aromatic heterocycles. The number of carbonyl (C=O) groups excluding carboxylic acids is 1. The highest BCUT2D eigenvalue weighted by molar-refractivity contribution is 6.04. The first-order chi connectivity index (χ1) is 14.1. The molecule has 2 aromatic carbocycles. The van der Waals surface area contributed by atoms with Gasteiger partial charge in [0.1, 0.15) is 11.3 Å². The van der Waals surface area contributed by atoms with Crippen molar-refractivity contribution in [1.29, 1.82) is 0 Å². The maximum atomic E-state index is 13.0. The van der Waals surface area contributed by atoms with E-state index in [1.54, 1.807) is 43.1 Å². The quantitative estimate of drug-likeness (QED) is 0.545. The van der Waals surface area contributed by atoms with E-state index in [1.165, 1.54) is 10.6 Å². The summed E-state index contributed by atoms with van der Waals surface area (Å²) in [6.07, 6.45) is 0. The average Bonchev–Trinajstić information content (AvgIpc) is 3.20. The summed E-state index contributed by atoms with van der Waals surface area (Å²) in [7, 11) is 3.15. The number of carbonyl (C=O) groups is 1. The number of amides is 1. The first-order valence-corrected chi connectivity index (χ1v) is 9.08. The number of ether oxygens (including phenoxy) is 2. The molecule has 29 heavy (non-hydrogen) atoms. The molecular formula is C21H20N4O4. The Labute approximate surface area is 166 Å². The highest BCUT2D eigenvalue weighted by Gasteiger charge is 2.17. The predicted molar refractivity (Wildman–Crippen MR) is 110 cm³/mol. The highest BCUT2D eigenvalue weighted by atomic mass is 16.5. The minimum atomic E-state index is -0.408. The molecule has 0 aliphatic rings. The second kappa shape index (κ2) is 7.76. The van der Waals surface area contributed by atoms with Crippen LogP contribution in [0.5, 0.6) is 5.75 Å². The Morgan fingerprint density at radius 1 is 1.03 bits per heavy atom. The van der Waals surface area contributed by atoms with Crippen molar-refractivity contribution in [2.24, 2.45) is 0 Å². The molecule has 0 aliphatic carbocycles. The minimum Gasteiger partial charge on any atom is -0.497 e. The maximum absolute atomic E-state index is 13.0. The fourth-order valence-corrected chi connectivity index (χ4v) is 3.25. The zero-order valence-electron chi connectivity index (χ0n) is 16.1. The van der Waals surface area contributed by atoms with Crippen molar-refractivity contribution in [2.45, 2.75) is 6.54 Å². The molecule has 1 N–H and O–H groups in total. The number of para-hydroxylation sites is 2. The van der Waals surface area contributed by atoms with Crippen LogP contribution in [0.1, 0.15) is 10.5 Å². The van der Waals surface area contributed by atoms with Crippen LogP contribution in [0.2, 0.25) is 0 Å². The van der Waals surface area contributed by atoms with Gasteiger partial charge in [0.05, 0.1) is 24.8 Å². The lowest BCUT2D eigenvalue weighted by molar-refractivity contribution is 0.102. The largest absolute Gasteiger partial charge is 0.497 e. The van der Waals surface area contributed by atoms with Gasteiger partial charge in [0, 0.05) is 31.5 Å². The molecule has 2 heterocycles. The van der Waals surface area contributed by atoms with E-state index in [0.717, 1.165) is 11.0 Å². The van der Waals surface area contributed by atoms with Crippen LogP contribution in [-0.4, -0.2) is 40.9 Å². The molecule has 0 radical (unpaired) electrons. The minimum absolute atomic E-state index is 0.152. The number of hydrogen-bond acceptors (Lipinski definition) is 5. The predicted octanol–water partition coefficient (Wildman–Crippen LogP) is 2.56. The number of benzene rings is 2. The number of fused-ring (bicyclic) bond motifs is 3. The van der Waals surface area contributed by atoms with Gasteiger partial charge < -0.3 is 19.4 Å². The Balaban J connectivity index is 1.79. The van der Waals surface area contributed by atoms with Crippen LogP contribution in [0.25, 0.3) is 16.6 Å². The molecule has 0 spiro atoms. The normalized spacial score (nSPS) is 11.1. The third-order valence-corrected chi connectivity index (χ3v) is 4.65. The zero-order chi connectivity index (χ0) is 20.4. The van der Waals surface area contributed by atoms with Gasteiger partial charge in [-0.2, -0.15) is 5.10 Å². The van der Waals surface area contributed by atoms with Crippen molar-refractivity contribution in [3.05, 3.63) is 70.6 Å². The lowest BCUT2D eigenvalue weighted by Crippen LogP contribution is -2.24. The second-order valence-corrected chi connectivity index (χ2v) is 6.45. The standard InChI is InChI=1S/C21H20N4O4/c1-28-11-10-24-17-8-3-4-9-18(17)25-19(21(24)27)13-16(23-25)20(26)22-14-6-5-7-15(12-14)29-2/h3-9,12-13H,10-11H2,1-2H3,(H,22,26). The van der Waals surface area contributed by atoms with Crippen molar-refractivity contribution in [1.82, 2.24) is 14.2 Å². The van der Waals surface area contributed by atoms with Crippen LogP contribution in [-0.2, 0) is 11.3 Å². The molecule has 4 aromatic rings. The summed E-state index contributed by atoms with van der Waals surface area (Å²) in [6.45, 7) is 0.806. The monoisotopic (exact) mass is 392 g/mol. The summed E-state index contributed by atoms with van der Waals surface area (Å²) in [5.74, 6) is 0.221. The number of hydrogen-bond donors (Lipinski definition) is 1. The molecule has 0 unspecified atom stereocenters. The first-order valence-electron chi connectivity index (χ1n) is 9.08. The van der Waals surface area contributed by atoms with Crippen molar-refractivity contribution >= 4 is 28.1 Å². The maximum Gasteiger partial charge on any atom is 0.277 e. The van der Waals surface area contributed by atoms with Gasteiger partial charge in [-0.25, -0.2) is 4.52 Å². The Hall–Kier alpha value is -3.65. The summed E-state index contributed by atoms with van der Waals surface area (Å²) in [6, 6.07) is 16.0. The van der Waals surface area contributed by atoms with E-state index in [9.17, 15) is 9.59 Å². The van der Waals surface area contributed by atoms with Gasteiger partial charge in [-0.15, -0.1) is 0 Å². The van der Waals surface area contributed by atoms with Crippen molar-refractivity contribution in [3.63, 3.8) is 0 Å². The van der Waals surface area contributed by atoms with E-state index in [2.05, 4.69) is 10.4 Å². The van der Waals surface area contributed by atoms with E-state index in [1.807, 2.05) is 24.3 Å². The summed E-state index contributed by atoms with van der Waals surface area (Å²) < 4.78 is 13.5. The molecule has 8 heteroatoms. The number of aromatic nitrogens is 3. The summed E-state index contributed by atoms with van der Waals surface area (Å²) in [5.41, 5.74) is 2.29. The number of rotatable bonds is 6. The van der Waals surface area contributed by atoms with Crippen LogP contribution < -0.4 is 15.6 Å². The van der Waals surface area contributed by atoms with Gasteiger partial charge in [0.2, 0.25) is 0 Å². The third kappa shape index (κ3) is 3.45. The van der Waals surface area contributed by atoms with Gasteiger partial charge in [-0.1, -0.05) is 18.2 Å². The summed E-state index contributed by atoms with van der Waals surface area (Å²) >= 11 is 0. The number of anilines is 1. The fraction of sp³-hybridized carbons (Fsp3) is 0.190. The molecule has 0 saturated heterocycles. The van der Waals surface area contributed by atoms with Crippen LogP contribution in [0.4, 0.5) is 5.69 Å². The molecule has 0 aliphatic heterocycles. The molecule has 1 amide bonds. The third-order valence-electron chi connectivity index (χ3n) is 4.65. The SMILES string of the molecule is COCCn1c(=O)c2cc(C(=O)Nc3cccc(OC)c3)nn2c2ccccc21. The lowest BCUT2D eigenvalue weighted by atomic mass is 10.2. The first kappa shape index (κ1) is 18.7. The average molecular weight is 392 g/mol. The molecule has 0 bridgehead atoms. The van der Waals surface area contributed by atoms with Gasteiger partial charge >= 0.3 is 0 Å². The van der Waals surface area contributed by atoms with E-state index in [-0.39, 0.29) is 11.3 Å². The molecule has 8 nitrogen and oxygen atoms in total. The molecular weight excluding hydrogens is 372 g/mol. The Morgan fingerprint density at radius 2 is 1.83 bits per heavy atom. The zero-order valence-corrected chi connectivity index (χ0v) is 16.1. The van der Waals surface area contributed by atoms with E-state index in [4.69, 9.17) is 9.47 Å². The number of nitrogens with zero attached hydrogens (tertiary/aromatic N) is 3. The number of nitrogens with one attached hydrogen (secondary N) is 1. The Kier molecular flexibility index (Phi) is 5.01. The Morgan fingerprint density at radius 3 is 2.59 bits per heavy atom. The smallest absolute Gasteiger partial charge is 0.277 e. The van der Waals surface area contributed by atoms with E-state index >= 15 is 0 Å². The second-order valence-electron chi connectivity index (χ2n) is 6.45. The van der Waals surface area contributed by atoms with Gasteiger partial charge in [-0.05, 0) is 24.3 Å². The van der Waals surface area contributed by atoms with E-state index < -0.39 is 5.91 Å². The van der Waals surface area contributed by atoms with Crippen LogP contribution in [0.3, 0.4) is 0 Å². The fourth-order valence-electron chi connectivity index (χ4n) is 3.25. The van der Waals surface area contributed by atoms with Gasteiger partial charge in [0.15, 0.2) is 5.69 Å². The van der Waals surface area contributed by atoms with Crippen molar-refractivity contribution in [3.8, 4) is 5.75 Å². The van der Waals surface area contributed by atoms with E-state index in [0.29, 0.717) is 30.1 Å². The molecule has 148 valence electrons. The van der Waals surface area contributed by atoms with Gasteiger partial charge in [-0.3, -0.25) is 9.59 Å². The molecule has 0 fully saturated rings. The summed E-state index contributed by atoms with van der Waals surface area (Å²) in [5, 5.41) is 7.18. The topological polar surface area (TPSA) is 86.9 Å². The van der Waals surface area contributed by atoms with Crippen LogP contribution >= 0.6 is 0 Å². The van der Waals surface area contributed by atoms with Crippen molar-refractivity contribution in [2.75, 3.05) is 26.1 Å². The molecule has 0 saturated carbocycles. The highest BCUT2D eigenvalue weighted by Crippen LogP contribution is 2.19. The van der Waals surface area contributed by atoms with Crippen LogP contribution in [0.15, 0.2) is 59.4 Å². The molecule has 4 rings (SSSR count). The summed E-state index contributed by atoms with van der Waals surface area (Å²) in [4.78, 5) is 25.8. The Bertz CT molecular complexity index is 1260. The van der Waals surface area contributed by atoms with Gasteiger partial charge in [0.25, 0.3) is 11.5 Å². The lowest BCUT2D eigenvalue weighted by Gasteiger charge is -2.11.